The highest BCUT2D eigenvalue weighted by molar-refractivity contribution is 5.03. The molecule has 1 aromatic heterocycles. The summed E-state index contributed by atoms with van der Waals surface area (Å²) in [7, 11) is 2.17. The van der Waals surface area contributed by atoms with Gasteiger partial charge in [0.1, 0.15) is 5.76 Å². The highest BCUT2D eigenvalue weighted by Gasteiger charge is 2.19. The lowest BCUT2D eigenvalue weighted by atomic mass is 10.0. The first-order chi connectivity index (χ1) is 7.77. The summed E-state index contributed by atoms with van der Waals surface area (Å²) in [6.45, 7) is 4.47. The number of likely N-dealkylation sites (N-methyl/N-ethyl adjacent to an activating group) is 1. The summed E-state index contributed by atoms with van der Waals surface area (Å²) >= 11 is 0. The third-order valence-electron chi connectivity index (χ3n) is 3.54. The first-order valence-electron chi connectivity index (χ1n) is 6.24. The fraction of sp³-hybridized carbons (Fsp3) is 0.692. The Bertz CT molecular complexity index is 291. The van der Waals surface area contributed by atoms with Crippen molar-refractivity contribution in [2.75, 3.05) is 20.1 Å². The molecule has 1 fully saturated rings. The fourth-order valence-electron chi connectivity index (χ4n) is 2.33. The minimum absolute atomic E-state index is 0.360. The van der Waals surface area contributed by atoms with E-state index in [1.807, 2.05) is 6.07 Å². The van der Waals surface area contributed by atoms with Gasteiger partial charge in [-0.05, 0) is 45.5 Å². The summed E-state index contributed by atoms with van der Waals surface area (Å²) < 4.78 is 5.44. The molecular formula is C13H22N2O. The third kappa shape index (κ3) is 2.86. The number of furan rings is 1. The lowest BCUT2D eigenvalue weighted by Crippen LogP contribution is -2.43. The topological polar surface area (TPSA) is 28.4 Å². The van der Waals surface area contributed by atoms with Crippen LogP contribution in [0, 0.1) is 0 Å². The average molecular weight is 222 g/mol. The van der Waals surface area contributed by atoms with Gasteiger partial charge in [0.2, 0.25) is 0 Å². The second-order valence-corrected chi connectivity index (χ2v) is 4.78. The largest absolute Gasteiger partial charge is 0.468 e. The number of hydrogen-bond acceptors (Lipinski definition) is 3. The van der Waals surface area contributed by atoms with Crippen LogP contribution in [-0.4, -0.2) is 31.1 Å². The Balaban J connectivity index is 1.84. The van der Waals surface area contributed by atoms with Crippen molar-refractivity contribution >= 4 is 0 Å². The molecule has 90 valence electrons. The maximum atomic E-state index is 5.44. The molecule has 1 saturated heterocycles. The van der Waals surface area contributed by atoms with E-state index < -0.39 is 0 Å². The van der Waals surface area contributed by atoms with Gasteiger partial charge in [0, 0.05) is 12.6 Å². The summed E-state index contributed by atoms with van der Waals surface area (Å²) in [6.07, 6.45) is 5.74. The molecule has 2 rings (SSSR count). The minimum atomic E-state index is 0.360. The Morgan fingerprint density at radius 1 is 1.56 bits per heavy atom. The molecule has 0 radical (unpaired) electrons. The summed E-state index contributed by atoms with van der Waals surface area (Å²) in [5.74, 6) is 1.05. The lowest BCUT2D eigenvalue weighted by molar-refractivity contribution is 0.195. The van der Waals surface area contributed by atoms with Gasteiger partial charge in [0.25, 0.3) is 0 Å². The molecule has 0 aliphatic carbocycles. The van der Waals surface area contributed by atoms with Crippen molar-refractivity contribution in [1.29, 1.82) is 0 Å². The van der Waals surface area contributed by atoms with Crippen LogP contribution in [0.25, 0.3) is 0 Å². The fourth-order valence-corrected chi connectivity index (χ4v) is 2.33. The number of piperidine rings is 1. The van der Waals surface area contributed by atoms with Crippen molar-refractivity contribution in [2.45, 2.75) is 38.3 Å². The number of rotatable bonds is 4. The first-order valence-corrected chi connectivity index (χ1v) is 6.24. The van der Waals surface area contributed by atoms with Crippen LogP contribution in [0.4, 0.5) is 0 Å². The Kier molecular flexibility index (Phi) is 4.02. The molecular weight excluding hydrogens is 200 g/mol. The Morgan fingerprint density at radius 3 is 3.06 bits per heavy atom. The summed E-state index contributed by atoms with van der Waals surface area (Å²) in [5.41, 5.74) is 0. The van der Waals surface area contributed by atoms with E-state index in [4.69, 9.17) is 4.42 Å². The monoisotopic (exact) mass is 222 g/mol. The van der Waals surface area contributed by atoms with E-state index in [0.717, 1.165) is 12.3 Å². The molecule has 16 heavy (non-hydrogen) atoms. The van der Waals surface area contributed by atoms with Crippen LogP contribution in [0.2, 0.25) is 0 Å². The second-order valence-electron chi connectivity index (χ2n) is 4.78. The van der Waals surface area contributed by atoms with Gasteiger partial charge in [-0.25, -0.2) is 0 Å². The van der Waals surface area contributed by atoms with Crippen LogP contribution >= 0.6 is 0 Å². The Hall–Kier alpha value is -0.800. The van der Waals surface area contributed by atoms with Crippen LogP contribution in [-0.2, 0) is 0 Å². The zero-order chi connectivity index (χ0) is 11.4. The number of nitrogens with one attached hydrogen (secondary N) is 1. The molecule has 1 aliphatic heterocycles. The Morgan fingerprint density at radius 2 is 2.44 bits per heavy atom. The van der Waals surface area contributed by atoms with Gasteiger partial charge in [-0.1, -0.05) is 6.42 Å². The molecule has 1 aromatic rings. The maximum Gasteiger partial charge on any atom is 0.120 e. The molecule has 0 spiro atoms. The van der Waals surface area contributed by atoms with E-state index in [0.29, 0.717) is 12.1 Å². The molecule has 3 heteroatoms. The standard InChI is InChI=1S/C13H22N2O/c1-11(13-7-5-9-16-13)15(2)10-12-6-3-4-8-14-12/h5,7,9,11-12,14H,3-4,6,8,10H2,1-2H3/t11-,12+/m1/s1. The smallest absolute Gasteiger partial charge is 0.120 e. The van der Waals surface area contributed by atoms with Crippen LogP contribution < -0.4 is 5.32 Å². The molecule has 0 unspecified atom stereocenters. The van der Waals surface area contributed by atoms with E-state index in [-0.39, 0.29) is 0 Å². The second kappa shape index (κ2) is 5.51. The summed E-state index contributed by atoms with van der Waals surface area (Å²) in [6, 6.07) is 5.02. The van der Waals surface area contributed by atoms with Gasteiger partial charge in [-0.3, -0.25) is 4.90 Å². The lowest BCUT2D eigenvalue weighted by Gasteiger charge is -2.30. The minimum Gasteiger partial charge on any atom is -0.468 e. The van der Waals surface area contributed by atoms with Crippen LogP contribution in [0.3, 0.4) is 0 Å². The highest BCUT2D eigenvalue weighted by Crippen LogP contribution is 2.20. The van der Waals surface area contributed by atoms with E-state index in [1.54, 1.807) is 6.26 Å². The molecule has 2 heterocycles. The normalized spacial score (nSPS) is 23.6. The predicted molar refractivity (Wildman–Crippen MR) is 65.4 cm³/mol. The summed E-state index contributed by atoms with van der Waals surface area (Å²) in [4.78, 5) is 2.36. The molecule has 0 aromatic carbocycles. The maximum absolute atomic E-state index is 5.44. The highest BCUT2D eigenvalue weighted by atomic mass is 16.3. The summed E-state index contributed by atoms with van der Waals surface area (Å²) in [5, 5.41) is 3.58. The van der Waals surface area contributed by atoms with Crippen LogP contribution in [0.15, 0.2) is 22.8 Å². The molecule has 0 saturated carbocycles. The molecule has 1 N–H and O–H groups in total. The molecule has 3 nitrogen and oxygen atoms in total. The van der Waals surface area contributed by atoms with Gasteiger partial charge in [-0.15, -0.1) is 0 Å². The van der Waals surface area contributed by atoms with Crippen molar-refractivity contribution in [2.24, 2.45) is 0 Å². The van der Waals surface area contributed by atoms with E-state index >= 15 is 0 Å². The van der Waals surface area contributed by atoms with Crippen LogP contribution in [0.1, 0.15) is 38.0 Å². The van der Waals surface area contributed by atoms with Crippen molar-refractivity contribution < 1.29 is 4.42 Å². The van der Waals surface area contributed by atoms with Crippen molar-refractivity contribution in [1.82, 2.24) is 10.2 Å². The van der Waals surface area contributed by atoms with Gasteiger partial charge < -0.3 is 9.73 Å². The molecule has 1 aliphatic rings. The zero-order valence-corrected chi connectivity index (χ0v) is 10.3. The molecule has 0 bridgehead atoms. The number of nitrogens with zero attached hydrogens (tertiary/aromatic N) is 1. The average Bonchev–Trinajstić information content (AvgIpc) is 2.83. The van der Waals surface area contributed by atoms with E-state index in [2.05, 4.69) is 30.3 Å². The number of hydrogen-bond donors (Lipinski definition) is 1. The van der Waals surface area contributed by atoms with E-state index in [1.165, 1.54) is 25.8 Å². The van der Waals surface area contributed by atoms with Gasteiger partial charge in [-0.2, -0.15) is 0 Å². The first kappa shape index (κ1) is 11.7. The van der Waals surface area contributed by atoms with Crippen LogP contribution in [0.5, 0.6) is 0 Å². The zero-order valence-electron chi connectivity index (χ0n) is 10.3. The molecule has 0 amide bonds. The predicted octanol–water partition coefficient (Wildman–Crippen LogP) is 2.41. The SMILES string of the molecule is C[C@H](c1ccco1)N(C)C[C@@H]1CCCCN1. The van der Waals surface area contributed by atoms with Gasteiger partial charge in [0.15, 0.2) is 0 Å². The van der Waals surface area contributed by atoms with Gasteiger partial charge in [0.05, 0.1) is 12.3 Å². The van der Waals surface area contributed by atoms with Crippen molar-refractivity contribution in [3.63, 3.8) is 0 Å². The molecule has 2 atom stereocenters. The third-order valence-corrected chi connectivity index (χ3v) is 3.54. The van der Waals surface area contributed by atoms with Crippen molar-refractivity contribution in [3.8, 4) is 0 Å². The Labute approximate surface area is 97.8 Å². The van der Waals surface area contributed by atoms with Gasteiger partial charge >= 0.3 is 0 Å². The van der Waals surface area contributed by atoms with E-state index in [9.17, 15) is 0 Å². The van der Waals surface area contributed by atoms with Crippen molar-refractivity contribution in [3.05, 3.63) is 24.2 Å². The quantitative estimate of drug-likeness (QED) is 0.848.